The first kappa shape index (κ1) is 14.8. The molecule has 0 radical (unpaired) electrons. The van der Waals surface area contributed by atoms with E-state index in [0.29, 0.717) is 23.6 Å². The molecule has 0 spiro atoms. The molecule has 0 fully saturated rings. The quantitative estimate of drug-likeness (QED) is 0.860. The first-order valence-electron chi connectivity index (χ1n) is 6.81. The highest BCUT2D eigenvalue weighted by Gasteiger charge is 2.10. The van der Waals surface area contributed by atoms with Crippen molar-refractivity contribution in [3.63, 3.8) is 0 Å². The average Bonchev–Trinajstić information content (AvgIpc) is 2.91. The van der Waals surface area contributed by atoms with Crippen molar-refractivity contribution >= 4 is 17.6 Å². The summed E-state index contributed by atoms with van der Waals surface area (Å²) in [6.07, 6.45) is 2.60. The van der Waals surface area contributed by atoms with Gasteiger partial charge in [0.2, 0.25) is 0 Å². The predicted molar refractivity (Wildman–Crippen MR) is 80.4 cm³/mol. The number of aryl methyl sites for hydroxylation is 1. The van der Waals surface area contributed by atoms with Crippen LogP contribution in [0.5, 0.6) is 0 Å². The molecule has 0 saturated carbocycles. The van der Waals surface area contributed by atoms with Gasteiger partial charge in [0.05, 0.1) is 12.2 Å². The van der Waals surface area contributed by atoms with Crippen LogP contribution in [-0.2, 0) is 11.8 Å². The van der Waals surface area contributed by atoms with Crippen LogP contribution in [-0.4, -0.2) is 23.1 Å². The SMILES string of the molecule is CCCOC(=O)c1ccc(NC(=O)c2cccn2C)cc1. The number of esters is 1. The Bertz CT molecular complexity index is 629. The molecule has 0 unspecified atom stereocenters. The van der Waals surface area contributed by atoms with E-state index in [2.05, 4.69) is 5.32 Å². The van der Waals surface area contributed by atoms with Gasteiger partial charge in [-0.25, -0.2) is 4.79 Å². The summed E-state index contributed by atoms with van der Waals surface area (Å²) in [6, 6.07) is 10.2. The molecule has 2 aromatic rings. The summed E-state index contributed by atoms with van der Waals surface area (Å²) in [6.45, 7) is 2.35. The van der Waals surface area contributed by atoms with E-state index in [9.17, 15) is 9.59 Å². The Morgan fingerprint density at radius 3 is 2.48 bits per heavy atom. The first-order valence-corrected chi connectivity index (χ1v) is 6.81. The minimum Gasteiger partial charge on any atom is -0.462 e. The third-order valence-electron chi connectivity index (χ3n) is 2.99. The highest BCUT2D eigenvalue weighted by Crippen LogP contribution is 2.12. The molecule has 1 aromatic heterocycles. The zero-order valence-electron chi connectivity index (χ0n) is 12.1. The predicted octanol–water partition coefficient (Wildman–Crippen LogP) is 2.84. The van der Waals surface area contributed by atoms with Gasteiger partial charge in [0, 0.05) is 18.9 Å². The normalized spacial score (nSPS) is 10.2. The van der Waals surface area contributed by atoms with Crippen LogP contribution in [0.4, 0.5) is 5.69 Å². The van der Waals surface area contributed by atoms with Crippen LogP contribution in [0.1, 0.15) is 34.2 Å². The van der Waals surface area contributed by atoms with Gasteiger partial charge in [-0.15, -0.1) is 0 Å². The second kappa shape index (κ2) is 6.74. The van der Waals surface area contributed by atoms with Gasteiger partial charge >= 0.3 is 5.97 Å². The van der Waals surface area contributed by atoms with E-state index in [4.69, 9.17) is 4.74 Å². The lowest BCUT2D eigenvalue weighted by molar-refractivity contribution is 0.0505. The van der Waals surface area contributed by atoms with Gasteiger partial charge in [0.25, 0.3) is 5.91 Å². The number of carbonyl (C=O) groups is 2. The molecule has 0 aliphatic heterocycles. The Hall–Kier alpha value is -2.56. The molecule has 5 heteroatoms. The Morgan fingerprint density at radius 1 is 1.19 bits per heavy atom. The van der Waals surface area contributed by atoms with Crippen molar-refractivity contribution in [2.45, 2.75) is 13.3 Å². The molecule has 0 bridgehead atoms. The van der Waals surface area contributed by atoms with E-state index in [1.807, 2.05) is 26.2 Å². The molecule has 1 amide bonds. The molecule has 1 N–H and O–H groups in total. The van der Waals surface area contributed by atoms with Gasteiger partial charge in [-0.1, -0.05) is 6.92 Å². The highest BCUT2D eigenvalue weighted by molar-refractivity contribution is 6.03. The molecule has 1 aromatic carbocycles. The van der Waals surface area contributed by atoms with Crippen LogP contribution in [0.15, 0.2) is 42.6 Å². The third-order valence-corrected chi connectivity index (χ3v) is 2.99. The average molecular weight is 286 g/mol. The lowest BCUT2D eigenvalue weighted by Gasteiger charge is -2.07. The Labute approximate surface area is 123 Å². The number of ether oxygens (including phenoxy) is 1. The lowest BCUT2D eigenvalue weighted by Crippen LogP contribution is -2.15. The second-order valence-electron chi connectivity index (χ2n) is 4.67. The molecule has 2 rings (SSSR count). The minimum atomic E-state index is -0.350. The van der Waals surface area contributed by atoms with E-state index in [1.165, 1.54) is 0 Å². The standard InChI is InChI=1S/C16H18N2O3/c1-3-11-21-16(20)12-6-8-13(9-7-12)17-15(19)14-5-4-10-18(14)2/h4-10H,3,11H2,1-2H3,(H,17,19). The van der Waals surface area contributed by atoms with Crippen molar-refractivity contribution in [2.24, 2.45) is 7.05 Å². The minimum absolute atomic E-state index is 0.191. The number of aromatic nitrogens is 1. The summed E-state index contributed by atoms with van der Waals surface area (Å²) in [7, 11) is 1.81. The van der Waals surface area contributed by atoms with E-state index in [1.54, 1.807) is 34.9 Å². The van der Waals surface area contributed by atoms with Gasteiger partial charge < -0.3 is 14.6 Å². The summed E-state index contributed by atoms with van der Waals surface area (Å²) >= 11 is 0. The molecule has 21 heavy (non-hydrogen) atoms. The summed E-state index contributed by atoms with van der Waals surface area (Å²) in [5.74, 6) is -0.541. The Balaban J connectivity index is 2.01. The number of hydrogen-bond donors (Lipinski definition) is 1. The number of amides is 1. The number of anilines is 1. The zero-order chi connectivity index (χ0) is 15.2. The monoisotopic (exact) mass is 286 g/mol. The van der Waals surface area contributed by atoms with Crippen LogP contribution in [0.25, 0.3) is 0 Å². The van der Waals surface area contributed by atoms with Crippen LogP contribution >= 0.6 is 0 Å². The van der Waals surface area contributed by atoms with E-state index in [-0.39, 0.29) is 11.9 Å². The van der Waals surface area contributed by atoms with E-state index < -0.39 is 0 Å². The lowest BCUT2D eigenvalue weighted by atomic mass is 10.2. The fraction of sp³-hybridized carbons (Fsp3) is 0.250. The van der Waals surface area contributed by atoms with Crippen LogP contribution in [0.3, 0.4) is 0 Å². The van der Waals surface area contributed by atoms with Gasteiger partial charge in [0.15, 0.2) is 0 Å². The maximum absolute atomic E-state index is 12.0. The van der Waals surface area contributed by atoms with Crippen molar-refractivity contribution in [3.05, 3.63) is 53.9 Å². The van der Waals surface area contributed by atoms with Gasteiger partial charge in [0.1, 0.15) is 5.69 Å². The molecule has 0 aliphatic rings. The summed E-state index contributed by atoms with van der Waals surface area (Å²) in [4.78, 5) is 23.7. The number of nitrogens with zero attached hydrogens (tertiary/aromatic N) is 1. The Morgan fingerprint density at radius 2 is 1.90 bits per heavy atom. The summed E-state index contributed by atoms with van der Waals surface area (Å²) < 4.78 is 6.79. The number of hydrogen-bond acceptors (Lipinski definition) is 3. The molecule has 5 nitrogen and oxygen atoms in total. The third kappa shape index (κ3) is 3.72. The maximum atomic E-state index is 12.0. The molecular weight excluding hydrogens is 268 g/mol. The zero-order valence-corrected chi connectivity index (χ0v) is 12.1. The number of nitrogens with one attached hydrogen (secondary N) is 1. The van der Waals surface area contributed by atoms with E-state index >= 15 is 0 Å². The fourth-order valence-electron chi connectivity index (χ4n) is 1.86. The molecule has 110 valence electrons. The second-order valence-corrected chi connectivity index (χ2v) is 4.67. The topological polar surface area (TPSA) is 60.3 Å². The number of rotatable bonds is 5. The smallest absolute Gasteiger partial charge is 0.338 e. The Kier molecular flexibility index (Phi) is 4.77. The summed E-state index contributed by atoms with van der Waals surface area (Å²) in [5.41, 5.74) is 1.68. The van der Waals surface area contributed by atoms with Crippen molar-refractivity contribution in [1.29, 1.82) is 0 Å². The van der Waals surface area contributed by atoms with Gasteiger partial charge in [-0.3, -0.25) is 4.79 Å². The highest BCUT2D eigenvalue weighted by atomic mass is 16.5. The summed E-state index contributed by atoms with van der Waals surface area (Å²) in [5, 5.41) is 2.78. The van der Waals surface area contributed by atoms with Gasteiger partial charge in [-0.05, 0) is 42.8 Å². The van der Waals surface area contributed by atoms with Crippen molar-refractivity contribution in [3.8, 4) is 0 Å². The largest absolute Gasteiger partial charge is 0.462 e. The molecule has 0 atom stereocenters. The number of benzene rings is 1. The maximum Gasteiger partial charge on any atom is 0.338 e. The van der Waals surface area contributed by atoms with Crippen LogP contribution in [0, 0.1) is 0 Å². The van der Waals surface area contributed by atoms with Crippen LogP contribution in [0.2, 0.25) is 0 Å². The van der Waals surface area contributed by atoms with Crippen molar-refractivity contribution in [2.75, 3.05) is 11.9 Å². The number of carbonyl (C=O) groups excluding carboxylic acids is 2. The fourth-order valence-corrected chi connectivity index (χ4v) is 1.86. The van der Waals surface area contributed by atoms with Gasteiger partial charge in [-0.2, -0.15) is 0 Å². The molecule has 0 aliphatic carbocycles. The molecular formula is C16H18N2O3. The van der Waals surface area contributed by atoms with Crippen molar-refractivity contribution in [1.82, 2.24) is 4.57 Å². The first-order chi connectivity index (χ1) is 10.1. The van der Waals surface area contributed by atoms with Crippen molar-refractivity contribution < 1.29 is 14.3 Å². The van der Waals surface area contributed by atoms with E-state index in [0.717, 1.165) is 6.42 Å². The molecule has 0 saturated heterocycles. The molecule has 1 heterocycles. The van der Waals surface area contributed by atoms with Crippen LogP contribution < -0.4 is 5.32 Å².